The van der Waals surface area contributed by atoms with E-state index in [1.54, 1.807) is 25.7 Å². The molecule has 0 bridgehead atoms. The van der Waals surface area contributed by atoms with Crippen LogP contribution in [0.15, 0.2) is 4.99 Å². The third kappa shape index (κ3) is 11.5. The number of rotatable bonds is 10. The van der Waals surface area contributed by atoms with Crippen LogP contribution in [0.25, 0.3) is 0 Å². The summed E-state index contributed by atoms with van der Waals surface area (Å²) >= 11 is 1.78. The van der Waals surface area contributed by atoms with Gasteiger partial charge in [-0.3, -0.25) is 4.99 Å². The SMILES string of the molecule is CCNC(=NCCCN(C)S(=O)(=O)CC)NCCSC.I. The summed E-state index contributed by atoms with van der Waals surface area (Å²) < 4.78 is 24.5. The number of halogens is 1. The zero-order chi connectivity index (χ0) is 15.4. The summed E-state index contributed by atoms with van der Waals surface area (Å²) in [5.74, 6) is 1.97. The molecule has 6 nitrogen and oxygen atoms in total. The number of thioether (sulfide) groups is 1. The molecule has 21 heavy (non-hydrogen) atoms. The lowest BCUT2D eigenvalue weighted by Gasteiger charge is -2.15. The van der Waals surface area contributed by atoms with Gasteiger partial charge in [0, 0.05) is 39.0 Å². The molecule has 0 atom stereocenters. The predicted octanol–water partition coefficient (Wildman–Crippen LogP) is 1.19. The van der Waals surface area contributed by atoms with E-state index in [0.717, 1.165) is 31.2 Å². The van der Waals surface area contributed by atoms with Gasteiger partial charge in [0.2, 0.25) is 10.0 Å². The van der Waals surface area contributed by atoms with E-state index in [1.165, 1.54) is 4.31 Å². The minimum atomic E-state index is -3.08. The number of nitrogens with zero attached hydrogens (tertiary/aromatic N) is 2. The summed E-state index contributed by atoms with van der Waals surface area (Å²) in [6.07, 6.45) is 2.78. The molecule has 0 aromatic heterocycles. The molecule has 0 amide bonds. The van der Waals surface area contributed by atoms with Crippen LogP contribution in [0.4, 0.5) is 0 Å². The van der Waals surface area contributed by atoms with Crippen molar-refractivity contribution in [2.45, 2.75) is 20.3 Å². The second kappa shape index (κ2) is 13.9. The van der Waals surface area contributed by atoms with Crippen LogP contribution in [0.5, 0.6) is 0 Å². The van der Waals surface area contributed by atoms with E-state index in [9.17, 15) is 8.42 Å². The molecule has 0 radical (unpaired) electrons. The molecule has 0 spiro atoms. The Kier molecular flexibility index (Phi) is 15.6. The number of guanidine groups is 1. The second-order valence-electron chi connectivity index (χ2n) is 4.26. The third-order valence-electron chi connectivity index (χ3n) is 2.68. The van der Waals surface area contributed by atoms with Crippen LogP contribution in [0.3, 0.4) is 0 Å². The second-order valence-corrected chi connectivity index (χ2v) is 7.61. The topological polar surface area (TPSA) is 73.8 Å². The normalized spacial score (nSPS) is 12.1. The van der Waals surface area contributed by atoms with Crippen LogP contribution >= 0.6 is 35.7 Å². The highest BCUT2D eigenvalue weighted by Crippen LogP contribution is 1.98. The molecule has 9 heteroatoms. The fourth-order valence-electron chi connectivity index (χ4n) is 1.46. The maximum atomic E-state index is 11.6. The van der Waals surface area contributed by atoms with Gasteiger partial charge in [0.25, 0.3) is 0 Å². The number of aliphatic imine (C=N–C) groups is 1. The van der Waals surface area contributed by atoms with Crippen molar-refractivity contribution in [1.82, 2.24) is 14.9 Å². The molecule has 2 N–H and O–H groups in total. The highest BCUT2D eigenvalue weighted by atomic mass is 127. The Morgan fingerprint density at radius 1 is 1.29 bits per heavy atom. The van der Waals surface area contributed by atoms with Gasteiger partial charge in [-0.15, -0.1) is 24.0 Å². The summed E-state index contributed by atoms with van der Waals surface area (Å²) in [4.78, 5) is 4.43. The van der Waals surface area contributed by atoms with E-state index >= 15 is 0 Å². The summed E-state index contributed by atoms with van der Waals surface area (Å²) in [6, 6.07) is 0. The van der Waals surface area contributed by atoms with Gasteiger partial charge < -0.3 is 10.6 Å². The van der Waals surface area contributed by atoms with E-state index in [2.05, 4.69) is 21.9 Å². The molecular weight excluding hydrogens is 423 g/mol. The van der Waals surface area contributed by atoms with E-state index in [4.69, 9.17) is 0 Å². The van der Waals surface area contributed by atoms with E-state index in [0.29, 0.717) is 13.1 Å². The Morgan fingerprint density at radius 2 is 1.95 bits per heavy atom. The van der Waals surface area contributed by atoms with E-state index in [-0.39, 0.29) is 29.7 Å². The number of sulfonamides is 1. The lowest BCUT2D eigenvalue weighted by Crippen LogP contribution is -2.38. The zero-order valence-electron chi connectivity index (χ0n) is 13.4. The first-order chi connectivity index (χ1) is 9.47. The van der Waals surface area contributed by atoms with Crippen molar-refractivity contribution in [3.63, 3.8) is 0 Å². The molecule has 0 heterocycles. The lowest BCUT2D eigenvalue weighted by molar-refractivity contribution is 0.465. The van der Waals surface area contributed by atoms with Crippen molar-refractivity contribution in [3.8, 4) is 0 Å². The fraction of sp³-hybridized carbons (Fsp3) is 0.917. The minimum absolute atomic E-state index is 0. The number of hydrogen-bond donors (Lipinski definition) is 2. The molecular formula is C12H29IN4O2S2. The van der Waals surface area contributed by atoms with Crippen molar-refractivity contribution in [3.05, 3.63) is 0 Å². The fourth-order valence-corrected chi connectivity index (χ4v) is 2.61. The average Bonchev–Trinajstić information content (AvgIpc) is 2.43. The molecule has 128 valence electrons. The van der Waals surface area contributed by atoms with Gasteiger partial charge in [0.1, 0.15) is 0 Å². The van der Waals surface area contributed by atoms with Gasteiger partial charge in [0.05, 0.1) is 5.75 Å². The van der Waals surface area contributed by atoms with Crippen LogP contribution in [-0.2, 0) is 10.0 Å². The van der Waals surface area contributed by atoms with Crippen molar-refractivity contribution < 1.29 is 8.42 Å². The Hall–Kier alpha value is 0.260. The van der Waals surface area contributed by atoms with Gasteiger partial charge in [-0.05, 0) is 26.5 Å². The number of hydrogen-bond acceptors (Lipinski definition) is 4. The first kappa shape index (κ1) is 23.5. The quantitative estimate of drug-likeness (QED) is 0.226. The molecule has 0 saturated carbocycles. The Balaban J connectivity index is 0. The van der Waals surface area contributed by atoms with Crippen molar-refractivity contribution in [2.75, 3.05) is 51.0 Å². The molecule has 0 aliphatic rings. The zero-order valence-corrected chi connectivity index (χ0v) is 17.3. The Labute approximate surface area is 151 Å². The Bertz CT molecular complexity index is 377. The standard InChI is InChI=1S/C12H28N4O2S2.HI/c1-5-13-12(15-9-11-19-4)14-8-7-10-16(3)20(17,18)6-2;/h5-11H2,1-4H3,(H2,13,14,15);1H. The van der Waals surface area contributed by atoms with Gasteiger partial charge >= 0.3 is 0 Å². The monoisotopic (exact) mass is 452 g/mol. The predicted molar refractivity (Wildman–Crippen MR) is 104 cm³/mol. The molecule has 0 rings (SSSR count). The van der Waals surface area contributed by atoms with E-state index < -0.39 is 10.0 Å². The Morgan fingerprint density at radius 3 is 2.48 bits per heavy atom. The van der Waals surface area contributed by atoms with Crippen LogP contribution in [0.1, 0.15) is 20.3 Å². The van der Waals surface area contributed by atoms with Crippen LogP contribution < -0.4 is 10.6 Å². The molecule has 0 saturated heterocycles. The minimum Gasteiger partial charge on any atom is -0.357 e. The summed E-state index contributed by atoms with van der Waals surface area (Å²) in [5.41, 5.74) is 0. The van der Waals surface area contributed by atoms with Gasteiger partial charge in [-0.25, -0.2) is 12.7 Å². The van der Waals surface area contributed by atoms with Crippen LogP contribution in [0, 0.1) is 0 Å². The highest BCUT2D eigenvalue weighted by molar-refractivity contribution is 14.0. The van der Waals surface area contributed by atoms with Crippen LogP contribution in [-0.4, -0.2) is 69.7 Å². The summed E-state index contributed by atoms with van der Waals surface area (Å²) in [6.45, 7) is 6.48. The van der Waals surface area contributed by atoms with Gasteiger partial charge in [-0.1, -0.05) is 0 Å². The maximum absolute atomic E-state index is 11.6. The first-order valence-corrected chi connectivity index (χ1v) is 9.93. The molecule has 0 fully saturated rings. The highest BCUT2D eigenvalue weighted by Gasteiger charge is 2.13. The average molecular weight is 452 g/mol. The summed E-state index contributed by atoms with van der Waals surface area (Å²) in [7, 11) is -1.46. The molecule has 0 aliphatic carbocycles. The van der Waals surface area contributed by atoms with Crippen molar-refractivity contribution >= 4 is 51.7 Å². The molecule has 0 unspecified atom stereocenters. The van der Waals surface area contributed by atoms with E-state index in [1.807, 2.05) is 6.92 Å². The third-order valence-corrected chi connectivity index (χ3v) is 5.16. The van der Waals surface area contributed by atoms with Crippen molar-refractivity contribution in [2.24, 2.45) is 4.99 Å². The van der Waals surface area contributed by atoms with Gasteiger partial charge in [0.15, 0.2) is 5.96 Å². The molecule has 0 aromatic rings. The van der Waals surface area contributed by atoms with Gasteiger partial charge in [-0.2, -0.15) is 11.8 Å². The molecule has 0 aliphatic heterocycles. The molecule has 0 aromatic carbocycles. The lowest BCUT2D eigenvalue weighted by atomic mass is 10.4. The number of nitrogens with one attached hydrogen (secondary N) is 2. The van der Waals surface area contributed by atoms with Crippen molar-refractivity contribution in [1.29, 1.82) is 0 Å². The first-order valence-electron chi connectivity index (χ1n) is 6.93. The van der Waals surface area contributed by atoms with Crippen LogP contribution in [0.2, 0.25) is 0 Å². The largest absolute Gasteiger partial charge is 0.357 e. The summed E-state index contributed by atoms with van der Waals surface area (Å²) in [5, 5.41) is 6.41. The maximum Gasteiger partial charge on any atom is 0.213 e. The smallest absolute Gasteiger partial charge is 0.213 e.